The monoisotopic (exact) mass is 247 g/mol. The zero-order chi connectivity index (χ0) is 13.0. The number of nitrogens with one attached hydrogen (secondary N) is 3. The highest BCUT2D eigenvalue weighted by Crippen LogP contribution is 2.32. The standard InChI is InChI=1S/C14H21N3O/c1-10(2)17-14(18)15-8-7-11-9-16-13-6-4-3-5-12(11)13/h3-6,10-11,16H,7-9H2,1-2H3,(H2,15,17,18). The van der Waals surface area contributed by atoms with Gasteiger partial charge in [0.2, 0.25) is 0 Å². The van der Waals surface area contributed by atoms with Crippen molar-refractivity contribution in [2.24, 2.45) is 0 Å². The molecule has 0 radical (unpaired) electrons. The number of benzene rings is 1. The zero-order valence-electron chi connectivity index (χ0n) is 11.0. The smallest absolute Gasteiger partial charge is 0.314 e. The lowest BCUT2D eigenvalue weighted by Gasteiger charge is -2.13. The highest BCUT2D eigenvalue weighted by atomic mass is 16.2. The number of hydrogen-bond acceptors (Lipinski definition) is 2. The second-order valence-corrected chi connectivity index (χ2v) is 5.01. The largest absolute Gasteiger partial charge is 0.384 e. The lowest BCUT2D eigenvalue weighted by molar-refractivity contribution is 0.238. The van der Waals surface area contributed by atoms with Crippen molar-refractivity contribution in [3.8, 4) is 0 Å². The first kappa shape index (κ1) is 12.7. The van der Waals surface area contributed by atoms with Crippen LogP contribution in [0.2, 0.25) is 0 Å². The van der Waals surface area contributed by atoms with E-state index in [1.54, 1.807) is 0 Å². The van der Waals surface area contributed by atoms with Gasteiger partial charge >= 0.3 is 6.03 Å². The maximum absolute atomic E-state index is 11.4. The highest BCUT2D eigenvalue weighted by molar-refractivity contribution is 5.74. The first-order chi connectivity index (χ1) is 8.66. The molecule has 0 saturated carbocycles. The third-order valence-electron chi connectivity index (χ3n) is 3.14. The van der Waals surface area contributed by atoms with E-state index in [4.69, 9.17) is 0 Å². The molecule has 1 aromatic carbocycles. The number of amides is 2. The number of rotatable bonds is 4. The van der Waals surface area contributed by atoms with Crippen molar-refractivity contribution in [3.05, 3.63) is 29.8 Å². The van der Waals surface area contributed by atoms with E-state index in [1.165, 1.54) is 11.3 Å². The molecule has 0 saturated heterocycles. The summed E-state index contributed by atoms with van der Waals surface area (Å²) in [5.74, 6) is 0.501. The molecule has 1 atom stereocenters. The van der Waals surface area contributed by atoms with Crippen molar-refractivity contribution in [1.29, 1.82) is 0 Å². The molecule has 98 valence electrons. The summed E-state index contributed by atoms with van der Waals surface area (Å²) >= 11 is 0. The molecule has 1 aromatic rings. The van der Waals surface area contributed by atoms with Crippen molar-refractivity contribution in [2.75, 3.05) is 18.4 Å². The molecule has 1 unspecified atom stereocenters. The van der Waals surface area contributed by atoms with E-state index in [-0.39, 0.29) is 12.1 Å². The Morgan fingerprint density at radius 1 is 1.44 bits per heavy atom. The van der Waals surface area contributed by atoms with Crippen LogP contribution in [-0.2, 0) is 0 Å². The molecular formula is C14H21N3O. The lowest BCUT2D eigenvalue weighted by Crippen LogP contribution is -2.40. The van der Waals surface area contributed by atoms with Gasteiger partial charge in [-0.3, -0.25) is 0 Å². The lowest BCUT2D eigenvalue weighted by atomic mass is 9.98. The number of para-hydroxylation sites is 1. The van der Waals surface area contributed by atoms with Crippen LogP contribution in [0, 0.1) is 0 Å². The molecule has 0 bridgehead atoms. The van der Waals surface area contributed by atoms with Gasteiger partial charge in [-0.05, 0) is 31.9 Å². The minimum Gasteiger partial charge on any atom is -0.384 e. The van der Waals surface area contributed by atoms with Gasteiger partial charge in [-0.1, -0.05) is 18.2 Å². The van der Waals surface area contributed by atoms with Crippen molar-refractivity contribution in [1.82, 2.24) is 10.6 Å². The normalized spacial score (nSPS) is 17.2. The van der Waals surface area contributed by atoms with Crippen molar-refractivity contribution in [2.45, 2.75) is 32.2 Å². The Labute approximate surface area is 108 Å². The van der Waals surface area contributed by atoms with Crippen LogP contribution in [0.5, 0.6) is 0 Å². The molecule has 3 N–H and O–H groups in total. The number of urea groups is 1. The number of anilines is 1. The van der Waals surface area contributed by atoms with Gasteiger partial charge in [-0.2, -0.15) is 0 Å². The van der Waals surface area contributed by atoms with Crippen LogP contribution in [0.4, 0.5) is 10.5 Å². The fraction of sp³-hybridized carbons (Fsp3) is 0.500. The molecule has 4 heteroatoms. The summed E-state index contributed by atoms with van der Waals surface area (Å²) in [7, 11) is 0. The van der Waals surface area contributed by atoms with Gasteiger partial charge in [0.05, 0.1) is 0 Å². The van der Waals surface area contributed by atoms with Crippen LogP contribution < -0.4 is 16.0 Å². The molecule has 1 aliphatic heterocycles. The topological polar surface area (TPSA) is 53.2 Å². The molecule has 0 spiro atoms. The number of carbonyl (C=O) groups excluding carboxylic acids is 1. The summed E-state index contributed by atoms with van der Waals surface area (Å²) in [6.45, 7) is 5.58. The van der Waals surface area contributed by atoms with Crippen LogP contribution >= 0.6 is 0 Å². The third kappa shape index (κ3) is 3.15. The number of fused-ring (bicyclic) bond motifs is 1. The summed E-state index contributed by atoms with van der Waals surface area (Å²) < 4.78 is 0. The maximum Gasteiger partial charge on any atom is 0.314 e. The first-order valence-electron chi connectivity index (χ1n) is 6.54. The van der Waals surface area contributed by atoms with E-state index in [1.807, 2.05) is 19.9 Å². The highest BCUT2D eigenvalue weighted by Gasteiger charge is 2.20. The van der Waals surface area contributed by atoms with Crippen LogP contribution in [0.3, 0.4) is 0 Å². The Kier molecular flexibility index (Phi) is 4.07. The Bertz CT molecular complexity index is 417. The quantitative estimate of drug-likeness (QED) is 0.764. The molecular weight excluding hydrogens is 226 g/mol. The average molecular weight is 247 g/mol. The fourth-order valence-electron chi connectivity index (χ4n) is 2.29. The minimum absolute atomic E-state index is 0.0794. The first-order valence-corrected chi connectivity index (χ1v) is 6.54. The predicted molar refractivity (Wildman–Crippen MR) is 74.0 cm³/mol. The Morgan fingerprint density at radius 2 is 2.22 bits per heavy atom. The van der Waals surface area contributed by atoms with Gasteiger partial charge in [0.25, 0.3) is 0 Å². The van der Waals surface area contributed by atoms with E-state index in [0.717, 1.165) is 13.0 Å². The predicted octanol–water partition coefficient (Wildman–Crippen LogP) is 2.29. The molecule has 2 rings (SSSR count). The van der Waals surface area contributed by atoms with E-state index in [2.05, 4.69) is 34.1 Å². The van der Waals surface area contributed by atoms with Gasteiger partial charge < -0.3 is 16.0 Å². The Morgan fingerprint density at radius 3 is 3.00 bits per heavy atom. The molecule has 0 aliphatic carbocycles. The van der Waals surface area contributed by atoms with Gasteiger partial charge in [-0.25, -0.2) is 4.79 Å². The van der Waals surface area contributed by atoms with E-state index in [0.29, 0.717) is 12.5 Å². The average Bonchev–Trinajstić information content (AvgIpc) is 2.72. The summed E-state index contributed by atoms with van der Waals surface area (Å²) in [6.07, 6.45) is 0.968. The maximum atomic E-state index is 11.4. The van der Waals surface area contributed by atoms with Gasteiger partial charge in [0, 0.05) is 30.7 Å². The van der Waals surface area contributed by atoms with Crippen LogP contribution in [0.1, 0.15) is 31.7 Å². The molecule has 1 heterocycles. The van der Waals surface area contributed by atoms with E-state index >= 15 is 0 Å². The summed E-state index contributed by atoms with van der Waals surface area (Å²) in [5, 5.41) is 9.11. The van der Waals surface area contributed by atoms with E-state index in [9.17, 15) is 4.79 Å². The summed E-state index contributed by atoms with van der Waals surface area (Å²) in [4.78, 5) is 11.4. The van der Waals surface area contributed by atoms with Crippen LogP contribution in [0.25, 0.3) is 0 Å². The summed E-state index contributed by atoms with van der Waals surface area (Å²) in [6, 6.07) is 8.48. The molecule has 0 aromatic heterocycles. The van der Waals surface area contributed by atoms with Gasteiger partial charge in [0.1, 0.15) is 0 Å². The molecule has 4 nitrogen and oxygen atoms in total. The molecule has 18 heavy (non-hydrogen) atoms. The number of hydrogen-bond donors (Lipinski definition) is 3. The molecule has 2 amide bonds. The van der Waals surface area contributed by atoms with Crippen molar-refractivity contribution >= 4 is 11.7 Å². The molecule has 1 aliphatic rings. The second-order valence-electron chi connectivity index (χ2n) is 5.01. The SMILES string of the molecule is CC(C)NC(=O)NCCC1CNc2ccccc21. The Balaban J connectivity index is 1.77. The minimum atomic E-state index is -0.0794. The summed E-state index contributed by atoms with van der Waals surface area (Å²) in [5.41, 5.74) is 2.60. The number of carbonyl (C=O) groups is 1. The zero-order valence-corrected chi connectivity index (χ0v) is 11.0. The van der Waals surface area contributed by atoms with Crippen LogP contribution in [-0.4, -0.2) is 25.2 Å². The molecule has 0 fully saturated rings. The second kappa shape index (κ2) is 5.76. The van der Waals surface area contributed by atoms with Gasteiger partial charge in [0.15, 0.2) is 0 Å². The Hall–Kier alpha value is -1.71. The fourth-order valence-corrected chi connectivity index (χ4v) is 2.29. The van der Waals surface area contributed by atoms with Gasteiger partial charge in [-0.15, -0.1) is 0 Å². The van der Waals surface area contributed by atoms with E-state index < -0.39 is 0 Å². The third-order valence-corrected chi connectivity index (χ3v) is 3.14. The van der Waals surface area contributed by atoms with Crippen molar-refractivity contribution < 1.29 is 4.79 Å². The van der Waals surface area contributed by atoms with Crippen LogP contribution in [0.15, 0.2) is 24.3 Å². The van der Waals surface area contributed by atoms with Crippen molar-refractivity contribution in [3.63, 3.8) is 0 Å².